The van der Waals surface area contributed by atoms with Crippen molar-refractivity contribution in [2.45, 2.75) is 0 Å². The van der Waals surface area contributed by atoms with Gasteiger partial charge in [0, 0.05) is 6.20 Å². The number of rotatable bonds is 1. The molecule has 0 bridgehead atoms. The maximum Gasteiger partial charge on any atom is 0.0865 e. The first-order valence-electron chi connectivity index (χ1n) is 3.71. The average Bonchev–Trinajstić information content (AvgIpc) is 2.58. The van der Waals surface area contributed by atoms with Crippen LogP contribution in [0, 0.1) is 0 Å². The molecule has 0 fully saturated rings. The van der Waals surface area contributed by atoms with E-state index in [-0.39, 0.29) is 0 Å². The number of nitrogens with one attached hydrogen (secondary N) is 1. The largest absolute Gasteiger partial charge is 0.397 e. The fourth-order valence-corrected chi connectivity index (χ4v) is 1.05. The summed E-state index contributed by atoms with van der Waals surface area (Å²) in [5.41, 5.74) is 8.11. The highest BCUT2D eigenvalue weighted by atomic mass is 14.8. The van der Waals surface area contributed by atoms with Gasteiger partial charge in [-0.2, -0.15) is 0 Å². The van der Waals surface area contributed by atoms with E-state index in [4.69, 9.17) is 5.73 Å². The molecule has 2 heterocycles. The van der Waals surface area contributed by atoms with Crippen molar-refractivity contribution in [3.05, 3.63) is 36.7 Å². The molecule has 0 saturated carbocycles. The summed E-state index contributed by atoms with van der Waals surface area (Å²) in [7, 11) is 0. The highest BCUT2D eigenvalue weighted by molar-refractivity contribution is 5.56. The maximum absolute atomic E-state index is 5.51. The Balaban J connectivity index is 2.43. The molecule has 0 amide bonds. The molecule has 0 radical (unpaired) electrons. The number of H-pyrrole nitrogens is 1. The number of nitrogens with zero attached hydrogens (tertiary/aromatic N) is 1. The van der Waals surface area contributed by atoms with Gasteiger partial charge in [-0.05, 0) is 24.3 Å². The second-order valence-corrected chi connectivity index (χ2v) is 2.56. The van der Waals surface area contributed by atoms with Gasteiger partial charge in [0.15, 0.2) is 0 Å². The monoisotopic (exact) mass is 159 g/mol. The van der Waals surface area contributed by atoms with E-state index >= 15 is 0 Å². The Bertz CT molecular complexity index is 348. The molecular weight excluding hydrogens is 150 g/mol. The fraction of sp³-hybridized carbons (Fsp3) is 0. The number of nitrogen functional groups attached to an aromatic ring is 1. The van der Waals surface area contributed by atoms with Crippen LogP contribution < -0.4 is 5.73 Å². The molecule has 3 N–H and O–H groups in total. The molecular formula is C9H9N3. The number of nitrogens with two attached hydrogens (primary N) is 1. The topological polar surface area (TPSA) is 54.7 Å². The predicted molar refractivity (Wildman–Crippen MR) is 48.4 cm³/mol. The van der Waals surface area contributed by atoms with Crippen molar-refractivity contribution < 1.29 is 0 Å². The average molecular weight is 159 g/mol. The number of hydrogen-bond acceptors (Lipinski definition) is 2. The highest BCUT2D eigenvalue weighted by Gasteiger charge is 1.96. The Hall–Kier alpha value is -1.77. The van der Waals surface area contributed by atoms with E-state index in [0.29, 0.717) is 5.69 Å². The third-order valence-electron chi connectivity index (χ3n) is 1.66. The third-order valence-corrected chi connectivity index (χ3v) is 1.66. The van der Waals surface area contributed by atoms with Crippen LogP contribution in [0.15, 0.2) is 36.7 Å². The van der Waals surface area contributed by atoms with Crippen LogP contribution in [0.2, 0.25) is 0 Å². The molecule has 0 aliphatic carbocycles. The molecule has 0 spiro atoms. The van der Waals surface area contributed by atoms with Gasteiger partial charge in [-0.25, -0.2) is 0 Å². The van der Waals surface area contributed by atoms with Crippen LogP contribution in [-0.2, 0) is 0 Å². The zero-order chi connectivity index (χ0) is 8.39. The quantitative estimate of drug-likeness (QED) is 0.664. The molecule has 12 heavy (non-hydrogen) atoms. The summed E-state index contributed by atoms with van der Waals surface area (Å²) >= 11 is 0. The predicted octanol–water partition coefficient (Wildman–Crippen LogP) is 1.66. The minimum atomic E-state index is 0.685. The van der Waals surface area contributed by atoms with Crippen molar-refractivity contribution in [2.75, 3.05) is 5.73 Å². The smallest absolute Gasteiger partial charge is 0.0865 e. The second kappa shape index (κ2) is 2.70. The molecule has 2 aromatic heterocycles. The lowest BCUT2D eigenvalue weighted by Gasteiger charge is -1.96. The van der Waals surface area contributed by atoms with Crippen molar-refractivity contribution >= 4 is 5.69 Å². The third kappa shape index (κ3) is 1.16. The normalized spacial score (nSPS) is 10.0. The molecule has 0 aliphatic heterocycles. The van der Waals surface area contributed by atoms with E-state index < -0.39 is 0 Å². The Morgan fingerprint density at radius 2 is 2.17 bits per heavy atom. The lowest BCUT2D eigenvalue weighted by molar-refractivity contribution is 1.28. The van der Waals surface area contributed by atoms with Crippen LogP contribution in [0.4, 0.5) is 5.69 Å². The lowest BCUT2D eigenvalue weighted by Crippen LogP contribution is -1.87. The number of aromatic amines is 1. The summed E-state index contributed by atoms with van der Waals surface area (Å²) in [6, 6.07) is 7.64. The van der Waals surface area contributed by atoms with Gasteiger partial charge in [0.2, 0.25) is 0 Å². The van der Waals surface area contributed by atoms with Gasteiger partial charge < -0.3 is 10.7 Å². The van der Waals surface area contributed by atoms with E-state index in [1.807, 2.05) is 30.5 Å². The standard InChI is InChI=1S/C9H9N3/c10-7-3-4-9(12-6-7)8-2-1-5-11-8/h1-6,11H,10H2. The molecule has 2 aromatic rings. The molecule has 3 heteroatoms. The van der Waals surface area contributed by atoms with Crippen LogP contribution in [0.25, 0.3) is 11.4 Å². The number of hydrogen-bond donors (Lipinski definition) is 2. The van der Waals surface area contributed by atoms with Crippen molar-refractivity contribution in [2.24, 2.45) is 0 Å². The SMILES string of the molecule is Nc1ccc(-c2ccc[nH]2)nc1. The Morgan fingerprint density at radius 3 is 2.75 bits per heavy atom. The van der Waals surface area contributed by atoms with Crippen molar-refractivity contribution in [1.29, 1.82) is 0 Å². The minimum Gasteiger partial charge on any atom is -0.397 e. The molecule has 0 aromatic carbocycles. The maximum atomic E-state index is 5.51. The van der Waals surface area contributed by atoms with Crippen LogP contribution in [0.3, 0.4) is 0 Å². The first kappa shape index (κ1) is 6.91. The summed E-state index contributed by atoms with van der Waals surface area (Å²) in [6.07, 6.45) is 3.52. The Labute approximate surface area is 70.3 Å². The minimum absolute atomic E-state index is 0.685. The van der Waals surface area contributed by atoms with Gasteiger partial charge in [0.25, 0.3) is 0 Å². The van der Waals surface area contributed by atoms with Gasteiger partial charge in [0.05, 0.1) is 23.3 Å². The fourth-order valence-electron chi connectivity index (χ4n) is 1.05. The van der Waals surface area contributed by atoms with E-state index in [0.717, 1.165) is 11.4 Å². The van der Waals surface area contributed by atoms with Crippen LogP contribution in [0.1, 0.15) is 0 Å². The molecule has 3 nitrogen and oxygen atoms in total. The van der Waals surface area contributed by atoms with Gasteiger partial charge in [-0.1, -0.05) is 0 Å². The zero-order valence-electron chi connectivity index (χ0n) is 6.49. The lowest BCUT2D eigenvalue weighted by atomic mass is 10.3. The van der Waals surface area contributed by atoms with E-state index in [1.54, 1.807) is 6.20 Å². The summed E-state index contributed by atoms with van der Waals surface area (Å²) in [5.74, 6) is 0. The van der Waals surface area contributed by atoms with E-state index in [9.17, 15) is 0 Å². The Kier molecular flexibility index (Phi) is 1.55. The molecule has 0 unspecified atom stereocenters. The zero-order valence-corrected chi connectivity index (χ0v) is 6.49. The van der Waals surface area contributed by atoms with Crippen molar-refractivity contribution in [3.8, 4) is 11.4 Å². The van der Waals surface area contributed by atoms with Crippen molar-refractivity contribution in [3.63, 3.8) is 0 Å². The van der Waals surface area contributed by atoms with Gasteiger partial charge in [0.1, 0.15) is 0 Å². The van der Waals surface area contributed by atoms with E-state index in [2.05, 4.69) is 9.97 Å². The number of anilines is 1. The van der Waals surface area contributed by atoms with Crippen LogP contribution >= 0.6 is 0 Å². The van der Waals surface area contributed by atoms with Crippen LogP contribution in [0.5, 0.6) is 0 Å². The number of aromatic nitrogens is 2. The Morgan fingerprint density at radius 1 is 1.25 bits per heavy atom. The van der Waals surface area contributed by atoms with Crippen molar-refractivity contribution in [1.82, 2.24) is 9.97 Å². The van der Waals surface area contributed by atoms with Crippen LogP contribution in [-0.4, -0.2) is 9.97 Å². The summed E-state index contributed by atoms with van der Waals surface area (Å²) < 4.78 is 0. The second-order valence-electron chi connectivity index (χ2n) is 2.56. The first-order valence-corrected chi connectivity index (χ1v) is 3.71. The van der Waals surface area contributed by atoms with Gasteiger partial charge in [-0.3, -0.25) is 4.98 Å². The summed E-state index contributed by atoms with van der Waals surface area (Å²) in [5, 5.41) is 0. The summed E-state index contributed by atoms with van der Waals surface area (Å²) in [4.78, 5) is 7.23. The van der Waals surface area contributed by atoms with E-state index in [1.165, 1.54) is 0 Å². The van der Waals surface area contributed by atoms with Gasteiger partial charge in [-0.15, -0.1) is 0 Å². The first-order chi connectivity index (χ1) is 5.86. The highest BCUT2D eigenvalue weighted by Crippen LogP contribution is 2.14. The molecule has 0 aliphatic rings. The van der Waals surface area contributed by atoms with Gasteiger partial charge >= 0.3 is 0 Å². The molecule has 2 rings (SSSR count). The number of pyridine rings is 1. The molecule has 0 atom stereocenters. The summed E-state index contributed by atoms with van der Waals surface area (Å²) in [6.45, 7) is 0. The molecule has 60 valence electrons. The molecule has 0 saturated heterocycles.